The minimum atomic E-state index is -4.52. The van der Waals surface area contributed by atoms with Gasteiger partial charge < -0.3 is 27.6 Å². The van der Waals surface area contributed by atoms with Gasteiger partial charge in [0.25, 0.3) is 0 Å². The van der Waals surface area contributed by atoms with Gasteiger partial charge in [-0.2, -0.15) is 17.7 Å². The first kappa shape index (κ1) is 28.3. The summed E-state index contributed by atoms with van der Waals surface area (Å²) in [5.41, 5.74) is 0.969. The van der Waals surface area contributed by atoms with E-state index in [1.807, 2.05) is 6.07 Å². The Balaban J connectivity index is 0.00000400. The van der Waals surface area contributed by atoms with Crippen LogP contribution in [0.3, 0.4) is 0 Å². The topological polar surface area (TPSA) is 79.2 Å². The largest absolute Gasteiger partial charge is 1.00 e. The highest BCUT2D eigenvalue weighted by Crippen LogP contribution is 2.30. The third-order valence-corrected chi connectivity index (χ3v) is 5.43. The minimum absolute atomic E-state index is 0. The Morgan fingerprint density at radius 1 is 0.684 bits per heavy atom. The molecule has 10 heteroatoms. The van der Waals surface area contributed by atoms with Crippen molar-refractivity contribution < 1.29 is 49.1 Å². The average Bonchev–Trinajstić information content (AvgIpc) is 2.89. The first-order valence-electron chi connectivity index (χ1n) is 11.2. The number of amides is 2. The van der Waals surface area contributed by atoms with E-state index in [4.69, 9.17) is 0 Å². The number of ketones is 2. The fraction of sp³-hybridized carbons (Fsp3) is 0.0714. The van der Waals surface area contributed by atoms with Gasteiger partial charge in [0.05, 0.1) is 5.56 Å². The number of Topliss-reactive ketones (excluding diaryl/α,β-unsaturated/α-hetero) is 1. The summed E-state index contributed by atoms with van der Waals surface area (Å²) in [6.07, 6.45) is -1.21. The van der Waals surface area contributed by atoms with Gasteiger partial charge in [0.15, 0.2) is 18.2 Å². The Labute approximate surface area is 226 Å². The molecule has 0 saturated heterocycles. The molecule has 0 fully saturated rings. The maximum absolute atomic E-state index is 12.8. The van der Waals surface area contributed by atoms with Gasteiger partial charge in [-0.05, 0) is 42.5 Å². The van der Waals surface area contributed by atoms with E-state index >= 15 is 0 Å². The second-order valence-corrected chi connectivity index (χ2v) is 8.11. The molecular weight excluding hydrogens is 563 g/mol. The summed E-state index contributed by atoms with van der Waals surface area (Å²) < 4.78 is 40.2. The molecule has 0 bridgehead atoms. The van der Waals surface area contributed by atoms with Crippen LogP contribution in [0, 0.1) is 0 Å². The number of halogens is 4. The van der Waals surface area contributed by atoms with Gasteiger partial charge in [0, 0.05) is 40.2 Å². The number of rotatable bonds is 7. The van der Waals surface area contributed by atoms with Gasteiger partial charge >= 0.3 is 12.2 Å². The van der Waals surface area contributed by atoms with Crippen molar-refractivity contribution >= 4 is 29.0 Å². The van der Waals surface area contributed by atoms with Crippen LogP contribution < -0.4 is 32.2 Å². The lowest BCUT2D eigenvalue weighted by molar-refractivity contribution is -0.683. The summed E-state index contributed by atoms with van der Waals surface area (Å²) in [4.78, 5) is 37.3. The quantitative estimate of drug-likeness (QED) is 0.259. The Bertz CT molecular complexity index is 1430. The van der Waals surface area contributed by atoms with Crippen molar-refractivity contribution in [3.8, 4) is 0 Å². The zero-order valence-corrected chi connectivity index (χ0v) is 21.3. The molecule has 1 aromatic heterocycles. The number of benzene rings is 3. The summed E-state index contributed by atoms with van der Waals surface area (Å²) in [6.45, 7) is 0.0443. The van der Waals surface area contributed by atoms with E-state index < -0.39 is 17.8 Å². The van der Waals surface area contributed by atoms with Gasteiger partial charge in [0.2, 0.25) is 12.3 Å². The molecule has 0 aliphatic heterocycles. The van der Waals surface area contributed by atoms with Crippen molar-refractivity contribution in [1.82, 2.24) is 0 Å². The zero-order valence-electron chi connectivity index (χ0n) is 19.7. The lowest BCUT2D eigenvalue weighted by atomic mass is 10.0. The van der Waals surface area contributed by atoms with Crippen molar-refractivity contribution in [2.24, 2.45) is 0 Å². The first-order valence-corrected chi connectivity index (χ1v) is 11.2. The van der Waals surface area contributed by atoms with Crippen molar-refractivity contribution in [3.05, 3.63) is 126 Å². The van der Waals surface area contributed by atoms with Gasteiger partial charge in [-0.15, -0.1) is 0 Å². The van der Waals surface area contributed by atoms with E-state index in [0.29, 0.717) is 22.4 Å². The van der Waals surface area contributed by atoms with Gasteiger partial charge in [-0.1, -0.05) is 36.4 Å². The zero-order chi connectivity index (χ0) is 26.4. The Morgan fingerprint density at radius 3 is 1.92 bits per heavy atom. The number of nitrogens with zero attached hydrogens (tertiary/aromatic N) is 1. The van der Waals surface area contributed by atoms with Crippen molar-refractivity contribution in [2.45, 2.75) is 12.7 Å². The summed E-state index contributed by atoms with van der Waals surface area (Å²) in [5, 5.41) is 4.87. The highest BCUT2D eigenvalue weighted by Gasteiger charge is 2.30. The number of hydrogen-bond acceptors (Lipinski definition) is 3. The normalized spacial score (nSPS) is 10.7. The number of nitrogens with one attached hydrogen (secondary N) is 2. The maximum atomic E-state index is 12.8. The molecule has 1 heterocycles. The number of hydrogen-bond donors (Lipinski definition) is 2. The number of alkyl halides is 3. The van der Waals surface area contributed by atoms with Crippen LogP contribution in [0.2, 0.25) is 0 Å². The van der Waals surface area contributed by atoms with Crippen molar-refractivity contribution in [2.75, 3.05) is 10.6 Å². The monoisotopic (exact) mass is 583 g/mol. The number of carbonyl (C=O) groups excluding carboxylic acids is 3. The molecule has 6 nitrogen and oxygen atoms in total. The van der Waals surface area contributed by atoms with Crippen LogP contribution in [0.25, 0.3) is 0 Å². The van der Waals surface area contributed by atoms with Gasteiger partial charge in [-0.3, -0.25) is 9.59 Å². The fourth-order valence-corrected chi connectivity index (χ4v) is 3.53. The lowest BCUT2D eigenvalue weighted by Gasteiger charge is -2.11. The Hall–Kier alpha value is -4.31. The molecule has 4 rings (SSSR count). The highest BCUT2D eigenvalue weighted by atomic mass is 79.9. The number of pyridine rings is 1. The van der Waals surface area contributed by atoms with Crippen LogP contribution >= 0.6 is 0 Å². The van der Waals surface area contributed by atoms with E-state index in [2.05, 4.69) is 10.6 Å². The lowest BCUT2D eigenvalue weighted by Crippen LogP contribution is -3.00. The van der Waals surface area contributed by atoms with E-state index in [1.54, 1.807) is 53.4 Å². The summed E-state index contributed by atoms with van der Waals surface area (Å²) in [5.74, 6) is -0.300. The molecule has 194 valence electrons. The van der Waals surface area contributed by atoms with Crippen LogP contribution in [0.4, 0.5) is 29.3 Å². The summed E-state index contributed by atoms with van der Waals surface area (Å²) >= 11 is 0. The Kier molecular flexibility index (Phi) is 9.14. The molecule has 2 N–H and O–H groups in total. The predicted molar refractivity (Wildman–Crippen MR) is 131 cm³/mol. The predicted octanol–water partition coefficient (Wildman–Crippen LogP) is 2.75. The van der Waals surface area contributed by atoms with E-state index in [9.17, 15) is 27.6 Å². The molecule has 38 heavy (non-hydrogen) atoms. The van der Waals surface area contributed by atoms with E-state index in [1.165, 1.54) is 36.4 Å². The van der Waals surface area contributed by atoms with E-state index in [-0.39, 0.29) is 40.8 Å². The molecule has 0 atom stereocenters. The standard InChI is InChI=1S/C28H20F3N3O3.BrH/c29-28(30,31)22-7-4-8-24(17-22)33-27(37)32-23-11-9-19(10-12-23)25(35)18-34-15-13-21(14-16-34)26(36)20-5-2-1-3-6-20;/h1-17H,18H2,(H-,32,33,35,37);1H. The third-order valence-electron chi connectivity index (χ3n) is 5.43. The second-order valence-electron chi connectivity index (χ2n) is 8.11. The maximum Gasteiger partial charge on any atom is 0.416 e. The van der Waals surface area contributed by atoms with Gasteiger partial charge in [0.1, 0.15) is 0 Å². The van der Waals surface area contributed by atoms with Crippen LogP contribution in [-0.4, -0.2) is 17.6 Å². The molecule has 0 unspecified atom stereocenters. The average molecular weight is 584 g/mol. The van der Waals surface area contributed by atoms with Crippen molar-refractivity contribution in [1.29, 1.82) is 0 Å². The Morgan fingerprint density at radius 2 is 1.29 bits per heavy atom. The van der Waals surface area contributed by atoms with Gasteiger partial charge in [-0.25, -0.2) is 4.79 Å². The molecule has 2 amide bonds. The molecule has 0 aliphatic carbocycles. The van der Waals surface area contributed by atoms with Crippen LogP contribution in [-0.2, 0) is 12.7 Å². The third kappa shape index (κ3) is 7.36. The minimum Gasteiger partial charge on any atom is -1.00 e. The molecular formula is C28H21BrF3N3O3. The van der Waals surface area contributed by atoms with Crippen LogP contribution in [0.1, 0.15) is 31.8 Å². The molecule has 0 spiro atoms. The number of aromatic nitrogens is 1. The number of anilines is 2. The SMILES string of the molecule is O=C(Nc1ccc(C(=O)C[n+]2ccc(C(=O)c3ccccc3)cc2)cc1)Nc1cccc(C(F)(F)F)c1.[Br-]. The molecule has 4 aromatic rings. The number of urea groups is 1. The first-order chi connectivity index (χ1) is 17.7. The number of carbonyl (C=O) groups is 3. The molecule has 3 aromatic carbocycles. The summed E-state index contributed by atoms with van der Waals surface area (Å²) in [6, 6.07) is 21.9. The van der Waals surface area contributed by atoms with E-state index in [0.717, 1.165) is 12.1 Å². The summed E-state index contributed by atoms with van der Waals surface area (Å²) in [7, 11) is 0. The second kappa shape index (κ2) is 12.3. The van der Waals surface area contributed by atoms with Crippen molar-refractivity contribution in [3.63, 3.8) is 0 Å². The highest BCUT2D eigenvalue weighted by molar-refractivity contribution is 6.08. The van der Waals surface area contributed by atoms with Crippen LogP contribution in [0.5, 0.6) is 0 Å². The fourth-order valence-electron chi connectivity index (χ4n) is 3.53. The molecule has 0 aliphatic rings. The molecule has 0 saturated carbocycles. The van der Waals surface area contributed by atoms with Crippen LogP contribution in [0.15, 0.2) is 103 Å². The molecule has 0 radical (unpaired) electrons. The smallest absolute Gasteiger partial charge is 0.416 e.